The fourth-order valence-corrected chi connectivity index (χ4v) is 1.46. The third kappa shape index (κ3) is 4.44. The maximum absolute atomic E-state index is 12.2. The molecule has 0 fully saturated rings. The first-order chi connectivity index (χ1) is 8.52. The van der Waals surface area contributed by atoms with Crippen molar-refractivity contribution in [3.8, 4) is 5.75 Å². The van der Waals surface area contributed by atoms with Gasteiger partial charge in [0.1, 0.15) is 11.6 Å². The van der Waals surface area contributed by atoms with E-state index in [4.69, 9.17) is 10.9 Å². The van der Waals surface area contributed by atoms with Crippen LogP contribution in [0.25, 0.3) is 0 Å². The number of benzene rings is 1. The summed E-state index contributed by atoms with van der Waals surface area (Å²) in [5, 5.41) is 14.2. The van der Waals surface area contributed by atoms with Crippen molar-refractivity contribution in [1.29, 1.82) is 0 Å². The minimum Gasteiger partial charge on any atom is -0.433 e. The molecule has 0 bridgehead atoms. The first kappa shape index (κ1) is 14.0. The Hall–Kier alpha value is -2.05. The normalized spacial score (nSPS) is 13.4. The summed E-state index contributed by atoms with van der Waals surface area (Å²) in [5.74, 6) is 0.112. The summed E-state index contributed by atoms with van der Waals surface area (Å²) in [6.07, 6.45) is 0.277. The van der Waals surface area contributed by atoms with E-state index in [9.17, 15) is 8.78 Å². The topological polar surface area (TPSA) is 79.9 Å². The van der Waals surface area contributed by atoms with Crippen LogP contribution in [0.1, 0.15) is 13.3 Å². The number of nitrogens with zero attached hydrogens (tertiary/aromatic N) is 1. The summed E-state index contributed by atoms with van der Waals surface area (Å²) in [7, 11) is 0. The molecule has 100 valence electrons. The molecule has 5 nitrogen and oxygen atoms in total. The third-order valence-electron chi connectivity index (χ3n) is 2.15. The molecule has 4 N–H and O–H groups in total. The van der Waals surface area contributed by atoms with Gasteiger partial charge in [-0.1, -0.05) is 17.3 Å². The zero-order chi connectivity index (χ0) is 13.5. The van der Waals surface area contributed by atoms with Crippen LogP contribution < -0.4 is 15.8 Å². The van der Waals surface area contributed by atoms with E-state index >= 15 is 0 Å². The van der Waals surface area contributed by atoms with Crippen LogP contribution in [-0.2, 0) is 0 Å². The summed E-state index contributed by atoms with van der Waals surface area (Å²) in [6, 6.07) is 6.14. The summed E-state index contributed by atoms with van der Waals surface area (Å²) >= 11 is 0. The van der Waals surface area contributed by atoms with Gasteiger partial charge in [0.05, 0.1) is 5.69 Å². The Morgan fingerprint density at radius 2 is 2.17 bits per heavy atom. The molecule has 0 heterocycles. The van der Waals surface area contributed by atoms with E-state index in [0.717, 1.165) is 0 Å². The molecular weight excluding hydrogens is 244 g/mol. The largest absolute Gasteiger partial charge is 0.433 e. The molecule has 1 aromatic rings. The highest BCUT2D eigenvalue weighted by molar-refractivity contribution is 5.80. The van der Waals surface area contributed by atoms with E-state index < -0.39 is 6.61 Å². The maximum atomic E-state index is 12.2. The van der Waals surface area contributed by atoms with Crippen LogP contribution in [0.3, 0.4) is 0 Å². The molecule has 1 aromatic carbocycles. The number of rotatable bonds is 6. The van der Waals surface area contributed by atoms with E-state index in [-0.39, 0.29) is 24.0 Å². The highest BCUT2D eigenvalue weighted by Gasteiger charge is 2.11. The average Bonchev–Trinajstić information content (AvgIpc) is 2.30. The Bertz CT molecular complexity index is 413. The fraction of sp³-hybridized carbons (Fsp3) is 0.364. The van der Waals surface area contributed by atoms with Crippen molar-refractivity contribution in [1.82, 2.24) is 0 Å². The second-order valence-corrected chi connectivity index (χ2v) is 3.72. The lowest BCUT2D eigenvalue weighted by Crippen LogP contribution is -2.24. The van der Waals surface area contributed by atoms with Gasteiger partial charge in [-0.05, 0) is 19.1 Å². The van der Waals surface area contributed by atoms with Gasteiger partial charge in [-0.3, -0.25) is 0 Å². The van der Waals surface area contributed by atoms with E-state index in [1.165, 1.54) is 6.07 Å². The molecule has 7 heteroatoms. The van der Waals surface area contributed by atoms with Gasteiger partial charge in [0.2, 0.25) is 0 Å². The van der Waals surface area contributed by atoms with Gasteiger partial charge in [0.25, 0.3) is 0 Å². The van der Waals surface area contributed by atoms with Crippen LogP contribution in [0, 0.1) is 0 Å². The third-order valence-corrected chi connectivity index (χ3v) is 2.15. The van der Waals surface area contributed by atoms with Gasteiger partial charge in [-0.2, -0.15) is 8.78 Å². The zero-order valence-electron chi connectivity index (χ0n) is 9.81. The predicted molar refractivity (Wildman–Crippen MR) is 64.2 cm³/mol. The Labute approximate surface area is 103 Å². The maximum Gasteiger partial charge on any atom is 0.387 e. The zero-order valence-corrected chi connectivity index (χ0v) is 9.81. The first-order valence-electron chi connectivity index (χ1n) is 5.29. The average molecular weight is 259 g/mol. The van der Waals surface area contributed by atoms with Crippen LogP contribution in [0.15, 0.2) is 29.4 Å². The standard InChI is InChI=1S/C11H15F2N3O2/c1-7(6-10(14)16-17)15-8-4-2-3-5-9(8)18-11(12)13/h2-5,7,11,15,17H,6H2,1H3,(H2,14,16). The Kier molecular flexibility index (Phi) is 5.16. The molecule has 1 rings (SSSR count). The van der Waals surface area contributed by atoms with Gasteiger partial charge in [0, 0.05) is 12.5 Å². The SMILES string of the molecule is CC(CC(N)=NO)Nc1ccccc1OC(F)F. The Morgan fingerprint density at radius 3 is 2.78 bits per heavy atom. The predicted octanol–water partition coefficient (Wildman–Crippen LogP) is 2.22. The molecule has 1 atom stereocenters. The number of nitrogens with one attached hydrogen (secondary N) is 1. The van der Waals surface area contributed by atoms with Crippen LogP contribution in [0.4, 0.5) is 14.5 Å². The molecule has 0 amide bonds. The summed E-state index contributed by atoms with van der Waals surface area (Å²) in [4.78, 5) is 0. The molecule has 0 saturated carbocycles. The molecule has 0 aliphatic carbocycles. The lowest BCUT2D eigenvalue weighted by molar-refractivity contribution is -0.0493. The van der Waals surface area contributed by atoms with Crippen molar-refractivity contribution in [3.63, 3.8) is 0 Å². The number of ether oxygens (including phenoxy) is 1. The number of halogens is 2. The fourth-order valence-electron chi connectivity index (χ4n) is 1.46. The molecule has 0 radical (unpaired) electrons. The number of para-hydroxylation sites is 2. The molecule has 0 aromatic heterocycles. The van der Waals surface area contributed by atoms with Gasteiger partial charge < -0.3 is 21.0 Å². The number of alkyl halides is 2. The smallest absolute Gasteiger partial charge is 0.387 e. The van der Waals surface area contributed by atoms with Gasteiger partial charge in [-0.25, -0.2) is 0 Å². The van der Waals surface area contributed by atoms with E-state index in [0.29, 0.717) is 5.69 Å². The van der Waals surface area contributed by atoms with Crippen molar-refractivity contribution in [2.24, 2.45) is 10.9 Å². The van der Waals surface area contributed by atoms with Gasteiger partial charge in [-0.15, -0.1) is 0 Å². The first-order valence-corrected chi connectivity index (χ1v) is 5.29. The Morgan fingerprint density at radius 1 is 1.50 bits per heavy atom. The molecule has 1 unspecified atom stereocenters. The highest BCUT2D eigenvalue weighted by atomic mass is 19.3. The van der Waals surface area contributed by atoms with E-state index in [1.54, 1.807) is 25.1 Å². The number of nitrogens with two attached hydrogens (primary N) is 1. The van der Waals surface area contributed by atoms with Gasteiger partial charge in [0.15, 0.2) is 0 Å². The van der Waals surface area contributed by atoms with Gasteiger partial charge >= 0.3 is 6.61 Å². The van der Waals surface area contributed by atoms with Crippen LogP contribution in [0.2, 0.25) is 0 Å². The summed E-state index contributed by atoms with van der Waals surface area (Å²) in [6.45, 7) is -1.11. The van der Waals surface area contributed by atoms with E-state index in [1.807, 2.05) is 0 Å². The lowest BCUT2D eigenvalue weighted by atomic mass is 10.2. The number of oxime groups is 1. The van der Waals surface area contributed by atoms with E-state index in [2.05, 4.69) is 15.2 Å². The number of anilines is 1. The quantitative estimate of drug-likeness (QED) is 0.317. The minimum atomic E-state index is -2.88. The molecule has 0 spiro atoms. The minimum absolute atomic E-state index is 0.0545. The van der Waals surface area contributed by atoms with Crippen molar-refractivity contribution in [3.05, 3.63) is 24.3 Å². The van der Waals surface area contributed by atoms with Crippen molar-refractivity contribution in [2.45, 2.75) is 26.0 Å². The van der Waals surface area contributed by atoms with Crippen molar-refractivity contribution < 1.29 is 18.7 Å². The van der Waals surface area contributed by atoms with Crippen LogP contribution in [-0.4, -0.2) is 23.7 Å². The van der Waals surface area contributed by atoms with Crippen molar-refractivity contribution in [2.75, 3.05) is 5.32 Å². The molecular formula is C11H15F2N3O2. The number of amidine groups is 1. The monoisotopic (exact) mass is 259 g/mol. The van der Waals surface area contributed by atoms with Crippen molar-refractivity contribution >= 4 is 11.5 Å². The van der Waals surface area contributed by atoms with Crippen LogP contribution >= 0.6 is 0 Å². The number of hydrogen-bond donors (Lipinski definition) is 3. The molecule has 18 heavy (non-hydrogen) atoms. The second kappa shape index (κ2) is 6.63. The molecule has 0 aliphatic heterocycles. The van der Waals surface area contributed by atoms with Crippen LogP contribution in [0.5, 0.6) is 5.75 Å². The lowest BCUT2D eigenvalue weighted by Gasteiger charge is -2.17. The number of hydrogen-bond acceptors (Lipinski definition) is 4. The summed E-state index contributed by atoms with van der Waals surface area (Å²) in [5.41, 5.74) is 5.78. The second-order valence-electron chi connectivity index (χ2n) is 3.72. The highest BCUT2D eigenvalue weighted by Crippen LogP contribution is 2.26. The summed E-state index contributed by atoms with van der Waals surface area (Å²) < 4.78 is 28.7. The Balaban J connectivity index is 2.71. The molecule has 0 aliphatic rings. The molecule has 0 saturated heterocycles.